The van der Waals surface area contributed by atoms with Crippen molar-refractivity contribution in [3.05, 3.63) is 58.1 Å². The van der Waals surface area contributed by atoms with Crippen LogP contribution in [0, 0.1) is 6.92 Å². The van der Waals surface area contributed by atoms with Crippen LogP contribution in [0.25, 0.3) is 0 Å². The molecule has 2 aromatic rings. The largest absolute Gasteiger partial charge is 0.478 e. The molecule has 108 valence electrons. The molecular weight excluding hydrogens is 292 g/mol. The van der Waals surface area contributed by atoms with Crippen LogP contribution in [0.2, 0.25) is 5.02 Å². The van der Waals surface area contributed by atoms with Gasteiger partial charge in [-0.15, -0.1) is 0 Å². The topological polar surface area (TPSA) is 92.4 Å². The van der Waals surface area contributed by atoms with Crippen molar-refractivity contribution in [3.8, 4) is 0 Å². The lowest BCUT2D eigenvalue weighted by atomic mass is 10.1. The van der Waals surface area contributed by atoms with Crippen molar-refractivity contribution in [1.29, 1.82) is 0 Å². The molecule has 0 saturated heterocycles. The molecule has 0 aliphatic rings. The Bertz CT molecular complexity index is 729. The minimum Gasteiger partial charge on any atom is -0.478 e. The summed E-state index contributed by atoms with van der Waals surface area (Å²) in [4.78, 5) is 22.9. The van der Waals surface area contributed by atoms with Gasteiger partial charge in [-0.3, -0.25) is 4.79 Å². The van der Waals surface area contributed by atoms with Crippen LogP contribution in [0.1, 0.15) is 26.3 Å². The summed E-state index contributed by atoms with van der Waals surface area (Å²) in [5, 5.41) is 11.7. The fourth-order valence-electron chi connectivity index (χ4n) is 1.76. The third-order valence-electron chi connectivity index (χ3n) is 3.00. The van der Waals surface area contributed by atoms with Crippen LogP contribution in [-0.2, 0) is 0 Å². The molecule has 5 nitrogen and oxygen atoms in total. The number of benzene rings is 2. The van der Waals surface area contributed by atoms with Crippen LogP contribution >= 0.6 is 11.6 Å². The highest BCUT2D eigenvalue weighted by atomic mass is 35.5. The second kappa shape index (κ2) is 5.85. The van der Waals surface area contributed by atoms with E-state index in [0.717, 1.165) is 5.56 Å². The summed E-state index contributed by atoms with van der Waals surface area (Å²) in [6.07, 6.45) is 0. The van der Waals surface area contributed by atoms with E-state index in [1.54, 1.807) is 25.1 Å². The maximum atomic E-state index is 12.1. The number of halogens is 1. The summed E-state index contributed by atoms with van der Waals surface area (Å²) in [5.41, 5.74) is 7.96. The Morgan fingerprint density at radius 2 is 1.81 bits per heavy atom. The van der Waals surface area contributed by atoms with Crippen LogP contribution in [0.3, 0.4) is 0 Å². The molecule has 1 amide bonds. The summed E-state index contributed by atoms with van der Waals surface area (Å²) < 4.78 is 0. The maximum absolute atomic E-state index is 12.1. The van der Waals surface area contributed by atoms with Crippen molar-refractivity contribution in [2.75, 3.05) is 11.1 Å². The standard InChI is InChI=1S/C15H13ClN2O3/c1-8-6-9(2-4-12(8)17)14(19)18-13-5-3-10(15(20)21)7-11(13)16/h2-7H,17H2,1H3,(H,18,19)(H,20,21). The molecule has 0 aliphatic carbocycles. The van der Waals surface area contributed by atoms with Crippen LogP contribution in [0.5, 0.6) is 0 Å². The monoisotopic (exact) mass is 304 g/mol. The number of nitrogen functional groups attached to an aromatic ring is 1. The molecule has 0 radical (unpaired) electrons. The van der Waals surface area contributed by atoms with Crippen molar-refractivity contribution in [3.63, 3.8) is 0 Å². The smallest absolute Gasteiger partial charge is 0.335 e. The number of aryl methyl sites for hydroxylation is 1. The van der Waals surface area contributed by atoms with E-state index in [4.69, 9.17) is 22.4 Å². The number of carboxylic acid groups (broad SMARTS) is 1. The molecule has 0 spiro atoms. The molecule has 0 heterocycles. The second-order valence-corrected chi connectivity index (χ2v) is 4.93. The molecule has 0 bridgehead atoms. The molecule has 0 aromatic heterocycles. The SMILES string of the molecule is Cc1cc(C(=O)Nc2ccc(C(=O)O)cc2Cl)ccc1N. The lowest BCUT2D eigenvalue weighted by Gasteiger charge is -2.09. The van der Waals surface area contributed by atoms with E-state index >= 15 is 0 Å². The fraction of sp³-hybridized carbons (Fsp3) is 0.0667. The first-order valence-electron chi connectivity index (χ1n) is 6.09. The Labute approximate surface area is 126 Å². The highest BCUT2D eigenvalue weighted by Crippen LogP contribution is 2.24. The molecule has 4 N–H and O–H groups in total. The van der Waals surface area contributed by atoms with Crippen molar-refractivity contribution in [2.24, 2.45) is 0 Å². The average molecular weight is 305 g/mol. The molecule has 2 aromatic carbocycles. The number of nitrogens with two attached hydrogens (primary N) is 1. The number of carbonyl (C=O) groups is 2. The molecule has 0 atom stereocenters. The Balaban J connectivity index is 2.23. The number of aromatic carboxylic acids is 1. The van der Waals surface area contributed by atoms with E-state index in [1.807, 2.05) is 0 Å². The highest BCUT2D eigenvalue weighted by Gasteiger charge is 2.11. The van der Waals surface area contributed by atoms with Crippen LogP contribution in [-0.4, -0.2) is 17.0 Å². The highest BCUT2D eigenvalue weighted by molar-refractivity contribution is 6.34. The van der Waals surface area contributed by atoms with E-state index in [1.165, 1.54) is 18.2 Å². The van der Waals surface area contributed by atoms with Crippen LogP contribution in [0.4, 0.5) is 11.4 Å². The van der Waals surface area contributed by atoms with E-state index < -0.39 is 5.97 Å². The first-order valence-corrected chi connectivity index (χ1v) is 6.46. The normalized spacial score (nSPS) is 10.2. The van der Waals surface area contributed by atoms with Gasteiger partial charge in [0.05, 0.1) is 16.3 Å². The molecule has 21 heavy (non-hydrogen) atoms. The fourth-order valence-corrected chi connectivity index (χ4v) is 1.99. The van der Waals surface area contributed by atoms with Crippen molar-refractivity contribution in [2.45, 2.75) is 6.92 Å². The van der Waals surface area contributed by atoms with Gasteiger partial charge in [0.2, 0.25) is 0 Å². The van der Waals surface area contributed by atoms with Gasteiger partial charge < -0.3 is 16.2 Å². The van der Waals surface area contributed by atoms with Gasteiger partial charge in [-0.25, -0.2) is 4.79 Å². The quantitative estimate of drug-likeness (QED) is 0.759. The number of carboxylic acids is 1. The molecule has 2 rings (SSSR count). The van der Waals surface area contributed by atoms with Crippen molar-refractivity contribution in [1.82, 2.24) is 0 Å². The first-order chi connectivity index (χ1) is 9.88. The number of amides is 1. The zero-order valence-electron chi connectivity index (χ0n) is 11.2. The Hall–Kier alpha value is -2.53. The van der Waals surface area contributed by atoms with Gasteiger partial charge in [0, 0.05) is 11.3 Å². The van der Waals surface area contributed by atoms with Crippen LogP contribution < -0.4 is 11.1 Å². The van der Waals surface area contributed by atoms with Crippen LogP contribution in [0.15, 0.2) is 36.4 Å². The van der Waals surface area contributed by atoms with E-state index in [2.05, 4.69) is 5.32 Å². The minimum absolute atomic E-state index is 0.0568. The van der Waals surface area contributed by atoms with Gasteiger partial charge in [-0.05, 0) is 48.9 Å². The zero-order valence-corrected chi connectivity index (χ0v) is 11.9. The Morgan fingerprint density at radius 1 is 1.14 bits per heavy atom. The summed E-state index contributed by atoms with van der Waals surface area (Å²) in [7, 11) is 0. The number of hydrogen-bond acceptors (Lipinski definition) is 3. The predicted octanol–water partition coefficient (Wildman–Crippen LogP) is 3.18. The summed E-state index contributed by atoms with van der Waals surface area (Å²) in [5.74, 6) is -1.42. The molecule has 0 fully saturated rings. The van der Waals surface area contributed by atoms with Crippen molar-refractivity contribution >= 4 is 34.9 Å². The van der Waals surface area contributed by atoms with Gasteiger partial charge >= 0.3 is 5.97 Å². The van der Waals surface area contributed by atoms with Gasteiger partial charge in [-0.1, -0.05) is 11.6 Å². The lowest BCUT2D eigenvalue weighted by molar-refractivity contribution is 0.0696. The van der Waals surface area contributed by atoms with Gasteiger partial charge in [0.15, 0.2) is 0 Å². The number of hydrogen-bond donors (Lipinski definition) is 3. The summed E-state index contributed by atoms with van der Waals surface area (Å²) >= 11 is 5.96. The van der Waals surface area contributed by atoms with Gasteiger partial charge in [-0.2, -0.15) is 0 Å². The van der Waals surface area contributed by atoms with E-state index in [-0.39, 0.29) is 16.5 Å². The Kier molecular flexibility index (Phi) is 4.14. The molecule has 0 aliphatic heterocycles. The molecule has 0 saturated carbocycles. The molecule has 0 unspecified atom stereocenters. The first kappa shape index (κ1) is 14.9. The summed E-state index contributed by atoms with van der Waals surface area (Å²) in [6, 6.07) is 9.04. The third-order valence-corrected chi connectivity index (χ3v) is 3.31. The number of carbonyl (C=O) groups excluding carboxylic acids is 1. The van der Waals surface area contributed by atoms with Crippen molar-refractivity contribution < 1.29 is 14.7 Å². The molecular formula is C15H13ClN2O3. The average Bonchev–Trinajstić information content (AvgIpc) is 2.43. The zero-order chi connectivity index (χ0) is 15.6. The number of anilines is 2. The van der Waals surface area contributed by atoms with Gasteiger partial charge in [0.25, 0.3) is 5.91 Å². The third kappa shape index (κ3) is 3.32. The van der Waals surface area contributed by atoms with Gasteiger partial charge in [0.1, 0.15) is 0 Å². The lowest BCUT2D eigenvalue weighted by Crippen LogP contribution is -2.13. The predicted molar refractivity (Wildman–Crippen MR) is 82.0 cm³/mol. The second-order valence-electron chi connectivity index (χ2n) is 4.53. The molecule has 6 heteroatoms. The maximum Gasteiger partial charge on any atom is 0.335 e. The van der Waals surface area contributed by atoms with E-state index in [9.17, 15) is 9.59 Å². The van der Waals surface area contributed by atoms with E-state index in [0.29, 0.717) is 16.9 Å². The summed E-state index contributed by atoms with van der Waals surface area (Å²) in [6.45, 7) is 1.81. The number of rotatable bonds is 3. The number of nitrogens with one attached hydrogen (secondary N) is 1. The Morgan fingerprint density at radius 3 is 2.38 bits per heavy atom. The minimum atomic E-state index is -1.08.